The Morgan fingerprint density at radius 3 is 2.67 bits per heavy atom. The molecule has 2 heterocycles. The fourth-order valence-corrected chi connectivity index (χ4v) is 3.93. The van der Waals surface area contributed by atoms with Gasteiger partial charge in [-0.1, -0.05) is 37.6 Å². The van der Waals surface area contributed by atoms with Crippen LogP contribution in [-0.2, 0) is 16.0 Å². The van der Waals surface area contributed by atoms with Crippen molar-refractivity contribution in [3.63, 3.8) is 0 Å². The molecule has 0 aromatic heterocycles. The van der Waals surface area contributed by atoms with Crippen LogP contribution >= 0.6 is 11.6 Å². The van der Waals surface area contributed by atoms with Crippen LogP contribution in [0, 0.1) is 5.41 Å². The predicted molar refractivity (Wildman–Crippen MR) is 96.3 cm³/mol. The number of rotatable bonds is 4. The number of amides is 1. The van der Waals surface area contributed by atoms with Crippen molar-refractivity contribution in [1.29, 1.82) is 0 Å². The highest BCUT2D eigenvalue weighted by Crippen LogP contribution is 2.29. The monoisotopic (exact) mass is 350 g/mol. The lowest BCUT2D eigenvalue weighted by Crippen LogP contribution is -2.48. The van der Waals surface area contributed by atoms with Crippen LogP contribution in [0.2, 0.25) is 5.02 Å². The normalized spacial score (nSPS) is 24.9. The number of hydrogen-bond donors (Lipinski definition) is 0. The lowest BCUT2D eigenvalue weighted by atomic mass is 9.82. The van der Waals surface area contributed by atoms with E-state index in [-0.39, 0.29) is 17.4 Å². The summed E-state index contributed by atoms with van der Waals surface area (Å²) >= 11 is 5.95. The molecule has 2 saturated heterocycles. The number of halogens is 1. The highest BCUT2D eigenvalue weighted by Gasteiger charge is 2.41. The van der Waals surface area contributed by atoms with Crippen molar-refractivity contribution in [2.75, 3.05) is 33.3 Å². The summed E-state index contributed by atoms with van der Waals surface area (Å²) < 4.78 is 5.84. The number of hydrogen-bond acceptors (Lipinski definition) is 3. The van der Waals surface area contributed by atoms with Crippen LogP contribution in [0.4, 0.5) is 0 Å². The van der Waals surface area contributed by atoms with Crippen LogP contribution in [0.25, 0.3) is 0 Å². The summed E-state index contributed by atoms with van der Waals surface area (Å²) in [7, 11) is 2.12. The summed E-state index contributed by atoms with van der Waals surface area (Å²) in [5.74, 6) is 0.236. The molecule has 0 saturated carbocycles. The fraction of sp³-hybridized carbons (Fsp3) is 0.632. The molecule has 0 spiro atoms. The van der Waals surface area contributed by atoms with Gasteiger partial charge >= 0.3 is 0 Å². The molecule has 2 aliphatic heterocycles. The Balaban J connectivity index is 1.58. The molecular weight excluding hydrogens is 324 g/mol. The molecule has 3 rings (SSSR count). The molecule has 24 heavy (non-hydrogen) atoms. The number of morpholine rings is 1. The summed E-state index contributed by atoms with van der Waals surface area (Å²) in [6, 6.07) is 8.26. The summed E-state index contributed by atoms with van der Waals surface area (Å²) in [6.07, 6.45) is 1.60. The molecule has 132 valence electrons. The van der Waals surface area contributed by atoms with Gasteiger partial charge in [0.2, 0.25) is 5.91 Å². The van der Waals surface area contributed by atoms with Crippen molar-refractivity contribution < 1.29 is 9.53 Å². The van der Waals surface area contributed by atoms with Crippen molar-refractivity contribution in [2.45, 2.75) is 38.8 Å². The van der Waals surface area contributed by atoms with E-state index in [1.54, 1.807) is 0 Å². The first-order valence-corrected chi connectivity index (χ1v) is 9.06. The zero-order valence-electron chi connectivity index (χ0n) is 14.8. The summed E-state index contributed by atoms with van der Waals surface area (Å²) in [6.45, 7) is 7.55. The Hall–Kier alpha value is -1.10. The van der Waals surface area contributed by atoms with Crippen molar-refractivity contribution in [2.24, 2.45) is 5.41 Å². The van der Waals surface area contributed by atoms with Crippen LogP contribution < -0.4 is 0 Å². The van der Waals surface area contributed by atoms with E-state index < -0.39 is 0 Å². The maximum absolute atomic E-state index is 12.8. The van der Waals surface area contributed by atoms with Gasteiger partial charge in [-0.05, 0) is 36.6 Å². The van der Waals surface area contributed by atoms with Gasteiger partial charge in [-0.15, -0.1) is 0 Å². The number of ether oxygens (including phenoxy) is 1. The number of carbonyl (C=O) groups excluding carboxylic acids is 1. The van der Waals surface area contributed by atoms with Gasteiger partial charge in [-0.2, -0.15) is 0 Å². The Kier molecular flexibility index (Phi) is 5.19. The van der Waals surface area contributed by atoms with Gasteiger partial charge in [0.15, 0.2) is 0 Å². The number of fused-ring (bicyclic) bond motifs is 1. The molecule has 2 atom stereocenters. The molecule has 1 aromatic rings. The molecule has 0 N–H and O–H groups in total. The van der Waals surface area contributed by atoms with Crippen molar-refractivity contribution >= 4 is 17.5 Å². The second kappa shape index (κ2) is 7.03. The van der Waals surface area contributed by atoms with Gasteiger partial charge in [-0.3, -0.25) is 9.69 Å². The van der Waals surface area contributed by atoms with Crippen LogP contribution in [0.3, 0.4) is 0 Å². The molecule has 0 radical (unpaired) electrons. The van der Waals surface area contributed by atoms with Gasteiger partial charge in [0.1, 0.15) is 0 Å². The van der Waals surface area contributed by atoms with Gasteiger partial charge in [0.25, 0.3) is 0 Å². The zero-order chi connectivity index (χ0) is 17.3. The minimum Gasteiger partial charge on any atom is -0.373 e. The van der Waals surface area contributed by atoms with Crippen LogP contribution in [-0.4, -0.2) is 61.1 Å². The van der Waals surface area contributed by atoms with Crippen LogP contribution in [0.15, 0.2) is 24.3 Å². The van der Waals surface area contributed by atoms with Crippen LogP contribution in [0.5, 0.6) is 0 Å². The second-order valence-corrected chi connectivity index (χ2v) is 8.34. The van der Waals surface area contributed by atoms with E-state index >= 15 is 0 Å². The first kappa shape index (κ1) is 17.7. The highest BCUT2D eigenvalue weighted by atomic mass is 35.5. The SMILES string of the molecule is CN1CCO[C@@H]2CN(C(=O)CC(C)(C)Cc3ccc(Cl)cc3)C[C@@H]21. The second-order valence-electron chi connectivity index (χ2n) is 7.90. The molecule has 2 fully saturated rings. The summed E-state index contributed by atoms with van der Waals surface area (Å²) in [4.78, 5) is 17.1. The first-order chi connectivity index (χ1) is 11.3. The van der Waals surface area contributed by atoms with Crippen LogP contribution in [0.1, 0.15) is 25.8 Å². The van der Waals surface area contributed by atoms with E-state index in [0.29, 0.717) is 12.5 Å². The van der Waals surface area contributed by atoms with Gasteiger partial charge < -0.3 is 9.64 Å². The highest BCUT2D eigenvalue weighted by molar-refractivity contribution is 6.30. The smallest absolute Gasteiger partial charge is 0.223 e. The maximum Gasteiger partial charge on any atom is 0.223 e. The Morgan fingerprint density at radius 1 is 1.29 bits per heavy atom. The number of benzene rings is 1. The summed E-state index contributed by atoms with van der Waals surface area (Å²) in [5, 5.41) is 0.747. The van der Waals surface area contributed by atoms with E-state index in [9.17, 15) is 4.79 Å². The topological polar surface area (TPSA) is 32.8 Å². The standard InChI is InChI=1S/C19H27ClN2O2/c1-19(2,10-14-4-6-15(20)7-5-14)11-18(23)22-12-16-17(13-22)24-9-8-21(16)3/h4-7,16-17H,8-13H2,1-3H3/t16-,17+/m0/s1. The summed E-state index contributed by atoms with van der Waals surface area (Å²) in [5.41, 5.74) is 1.14. The van der Waals surface area contributed by atoms with Crippen molar-refractivity contribution in [1.82, 2.24) is 9.80 Å². The average molecular weight is 351 g/mol. The van der Waals surface area contributed by atoms with Crippen molar-refractivity contribution in [3.05, 3.63) is 34.9 Å². The number of carbonyl (C=O) groups is 1. The van der Waals surface area contributed by atoms with E-state index in [1.807, 2.05) is 29.2 Å². The number of nitrogens with zero attached hydrogens (tertiary/aromatic N) is 2. The third kappa shape index (κ3) is 4.11. The van der Waals surface area contributed by atoms with Gasteiger partial charge in [0.05, 0.1) is 18.8 Å². The van der Waals surface area contributed by atoms with Crippen molar-refractivity contribution in [3.8, 4) is 0 Å². The lowest BCUT2D eigenvalue weighted by Gasteiger charge is -2.33. The number of likely N-dealkylation sites (N-methyl/N-ethyl adjacent to an activating group) is 1. The predicted octanol–water partition coefficient (Wildman–Crippen LogP) is 2.84. The Morgan fingerprint density at radius 2 is 2.00 bits per heavy atom. The molecule has 1 amide bonds. The van der Waals surface area contributed by atoms with E-state index in [1.165, 1.54) is 5.56 Å². The van der Waals surface area contributed by atoms with Gasteiger partial charge in [-0.25, -0.2) is 0 Å². The van der Waals surface area contributed by atoms with E-state index in [0.717, 1.165) is 37.7 Å². The molecule has 0 bridgehead atoms. The van der Waals surface area contributed by atoms with E-state index in [2.05, 4.69) is 25.8 Å². The first-order valence-electron chi connectivity index (χ1n) is 8.68. The molecule has 1 aromatic carbocycles. The van der Waals surface area contributed by atoms with E-state index in [4.69, 9.17) is 16.3 Å². The Labute approximate surface area is 149 Å². The maximum atomic E-state index is 12.8. The zero-order valence-corrected chi connectivity index (χ0v) is 15.6. The molecule has 5 heteroatoms. The Bertz CT molecular complexity index is 588. The molecule has 4 nitrogen and oxygen atoms in total. The molecular formula is C19H27ClN2O2. The largest absolute Gasteiger partial charge is 0.373 e. The number of likely N-dealkylation sites (tertiary alicyclic amines) is 1. The third-order valence-electron chi connectivity index (χ3n) is 5.16. The lowest BCUT2D eigenvalue weighted by molar-refractivity contribution is -0.132. The fourth-order valence-electron chi connectivity index (χ4n) is 3.80. The quantitative estimate of drug-likeness (QED) is 0.837. The van der Waals surface area contributed by atoms with Gasteiger partial charge in [0, 0.05) is 31.1 Å². The molecule has 0 aliphatic carbocycles. The molecule has 2 aliphatic rings. The molecule has 0 unspecified atom stereocenters. The minimum absolute atomic E-state index is 0.0779. The average Bonchev–Trinajstić information content (AvgIpc) is 2.95. The minimum atomic E-state index is -0.0779. The third-order valence-corrected chi connectivity index (χ3v) is 5.41.